The highest BCUT2D eigenvalue weighted by Gasteiger charge is 2.63. The molecule has 1 aromatic carbocycles. The second kappa shape index (κ2) is 3.90. The van der Waals surface area contributed by atoms with Crippen molar-refractivity contribution in [3.63, 3.8) is 0 Å². The fraction of sp³-hybridized carbons (Fsp3) is 0.417. The van der Waals surface area contributed by atoms with E-state index in [1.807, 2.05) is 0 Å². The molecule has 2 N–H and O–H groups in total. The van der Waals surface area contributed by atoms with E-state index in [0.717, 1.165) is 0 Å². The molecule has 0 aromatic heterocycles. The average Bonchev–Trinajstić information content (AvgIpc) is 3.00. The van der Waals surface area contributed by atoms with Crippen LogP contribution in [0.2, 0.25) is 0 Å². The van der Waals surface area contributed by atoms with Crippen molar-refractivity contribution < 1.29 is 23.1 Å². The third-order valence-corrected chi connectivity index (χ3v) is 3.07. The van der Waals surface area contributed by atoms with Gasteiger partial charge in [-0.05, 0) is 31.9 Å². The predicted molar refractivity (Wildman–Crippen MR) is 59.8 cm³/mol. The lowest BCUT2D eigenvalue weighted by atomic mass is 10.1. The zero-order chi connectivity index (χ0) is 13.6. The summed E-state index contributed by atoms with van der Waals surface area (Å²) in [4.78, 5) is 11.0. The molecule has 1 aromatic rings. The minimum atomic E-state index is -4.37. The SMILES string of the molecule is Cc1ccc(NC2(C(F)(F)F)CC2)c(C(=O)O)c1. The molecule has 1 fully saturated rings. The molecule has 0 heterocycles. The fourth-order valence-corrected chi connectivity index (χ4v) is 1.81. The molecule has 98 valence electrons. The molecular weight excluding hydrogens is 247 g/mol. The van der Waals surface area contributed by atoms with Crippen LogP contribution in [-0.2, 0) is 0 Å². The van der Waals surface area contributed by atoms with Crippen LogP contribution in [0.15, 0.2) is 18.2 Å². The van der Waals surface area contributed by atoms with Gasteiger partial charge in [0.1, 0.15) is 5.54 Å². The Morgan fingerprint density at radius 1 is 1.39 bits per heavy atom. The normalized spacial score (nSPS) is 17.3. The summed E-state index contributed by atoms with van der Waals surface area (Å²) in [6, 6.07) is 4.32. The number of alkyl halides is 3. The van der Waals surface area contributed by atoms with E-state index in [1.165, 1.54) is 12.1 Å². The first-order chi connectivity index (χ1) is 8.25. The number of carboxylic acid groups (broad SMARTS) is 1. The fourth-order valence-electron chi connectivity index (χ4n) is 1.81. The molecule has 0 bridgehead atoms. The summed E-state index contributed by atoms with van der Waals surface area (Å²) < 4.78 is 38.4. The van der Waals surface area contributed by atoms with Gasteiger partial charge in [0.15, 0.2) is 0 Å². The predicted octanol–water partition coefficient (Wildman–Crippen LogP) is 3.20. The van der Waals surface area contributed by atoms with E-state index < -0.39 is 17.7 Å². The van der Waals surface area contributed by atoms with Gasteiger partial charge in [-0.15, -0.1) is 0 Å². The van der Waals surface area contributed by atoms with Crippen molar-refractivity contribution >= 4 is 11.7 Å². The van der Waals surface area contributed by atoms with Gasteiger partial charge in [0, 0.05) is 5.69 Å². The minimum absolute atomic E-state index is 0.0166. The van der Waals surface area contributed by atoms with Crippen molar-refractivity contribution in [1.82, 2.24) is 0 Å². The number of aryl methyl sites for hydroxylation is 1. The average molecular weight is 259 g/mol. The highest BCUT2D eigenvalue weighted by molar-refractivity contribution is 5.94. The number of rotatable bonds is 3. The molecular formula is C12H12F3NO2. The number of benzene rings is 1. The largest absolute Gasteiger partial charge is 0.478 e. The van der Waals surface area contributed by atoms with Crippen molar-refractivity contribution in [3.8, 4) is 0 Å². The standard InChI is InChI=1S/C12H12F3NO2/c1-7-2-3-9(8(6-7)10(17)18)16-11(4-5-11)12(13,14)15/h2-3,6,16H,4-5H2,1H3,(H,17,18). The molecule has 2 rings (SSSR count). The maximum absolute atomic E-state index is 12.8. The molecule has 0 saturated heterocycles. The third kappa shape index (κ3) is 2.14. The summed E-state index contributed by atoms with van der Waals surface area (Å²) in [5.74, 6) is -1.24. The molecule has 18 heavy (non-hydrogen) atoms. The molecule has 3 nitrogen and oxygen atoms in total. The first-order valence-corrected chi connectivity index (χ1v) is 5.44. The lowest BCUT2D eigenvalue weighted by Crippen LogP contribution is -2.39. The monoisotopic (exact) mass is 259 g/mol. The van der Waals surface area contributed by atoms with E-state index in [0.29, 0.717) is 5.56 Å². The molecule has 1 aliphatic rings. The van der Waals surface area contributed by atoms with E-state index >= 15 is 0 Å². The summed E-state index contributed by atoms with van der Waals surface area (Å²) in [5, 5.41) is 11.3. The Bertz CT molecular complexity index is 493. The molecule has 0 amide bonds. The zero-order valence-electron chi connectivity index (χ0n) is 9.64. The summed E-state index contributed by atoms with van der Waals surface area (Å²) in [7, 11) is 0. The topological polar surface area (TPSA) is 49.3 Å². The maximum Gasteiger partial charge on any atom is 0.411 e. The number of anilines is 1. The number of aromatic carboxylic acids is 1. The first kappa shape index (κ1) is 12.7. The minimum Gasteiger partial charge on any atom is -0.478 e. The molecule has 6 heteroatoms. The third-order valence-electron chi connectivity index (χ3n) is 3.07. The first-order valence-electron chi connectivity index (χ1n) is 5.44. The second-order valence-electron chi connectivity index (χ2n) is 4.56. The highest BCUT2D eigenvalue weighted by atomic mass is 19.4. The number of hydrogen-bond acceptors (Lipinski definition) is 2. The zero-order valence-corrected chi connectivity index (χ0v) is 9.64. The van der Waals surface area contributed by atoms with Gasteiger partial charge in [0.05, 0.1) is 5.56 Å². The molecule has 0 atom stereocenters. The van der Waals surface area contributed by atoms with Gasteiger partial charge in [-0.25, -0.2) is 4.79 Å². The van der Waals surface area contributed by atoms with Crippen LogP contribution < -0.4 is 5.32 Å². The van der Waals surface area contributed by atoms with E-state index in [-0.39, 0.29) is 24.1 Å². The molecule has 0 unspecified atom stereocenters. The van der Waals surface area contributed by atoms with Gasteiger partial charge in [-0.2, -0.15) is 13.2 Å². The van der Waals surface area contributed by atoms with E-state index in [2.05, 4.69) is 5.32 Å². The van der Waals surface area contributed by atoms with E-state index in [4.69, 9.17) is 5.11 Å². The lowest BCUT2D eigenvalue weighted by Gasteiger charge is -2.23. The lowest BCUT2D eigenvalue weighted by molar-refractivity contribution is -0.151. The number of halogens is 3. The van der Waals surface area contributed by atoms with Crippen molar-refractivity contribution in [2.45, 2.75) is 31.5 Å². The van der Waals surface area contributed by atoms with E-state index in [9.17, 15) is 18.0 Å². The molecule has 0 spiro atoms. The highest BCUT2D eigenvalue weighted by Crippen LogP contribution is 2.51. The summed E-state index contributed by atoms with van der Waals surface area (Å²) in [6.07, 6.45) is -4.42. The van der Waals surface area contributed by atoms with Crippen LogP contribution in [0.1, 0.15) is 28.8 Å². The van der Waals surface area contributed by atoms with Gasteiger partial charge < -0.3 is 10.4 Å². The summed E-state index contributed by atoms with van der Waals surface area (Å²) in [6.45, 7) is 1.69. The van der Waals surface area contributed by atoms with Crippen molar-refractivity contribution in [3.05, 3.63) is 29.3 Å². The number of nitrogens with one attached hydrogen (secondary N) is 1. The van der Waals surface area contributed by atoms with Gasteiger partial charge >= 0.3 is 12.1 Å². The van der Waals surface area contributed by atoms with Crippen LogP contribution in [0.5, 0.6) is 0 Å². The Hall–Kier alpha value is -1.72. The Kier molecular flexibility index (Phi) is 2.76. The van der Waals surface area contributed by atoms with Gasteiger partial charge in [0.2, 0.25) is 0 Å². The Balaban J connectivity index is 2.33. The summed E-state index contributed by atoms with van der Waals surface area (Å²) in [5.41, 5.74) is -1.38. The number of carboxylic acids is 1. The van der Waals surface area contributed by atoms with Gasteiger partial charge in [-0.3, -0.25) is 0 Å². The van der Waals surface area contributed by atoms with Crippen LogP contribution in [-0.4, -0.2) is 22.8 Å². The van der Waals surface area contributed by atoms with Gasteiger partial charge in [-0.1, -0.05) is 11.6 Å². The second-order valence-corrected chi connectivity index (χ2v) is 4.56. The quantitative estimate of drug-likeness (QED) is 0.876. The van der Waals surface area contributed by atoms with Crippen LogP contribution >= 0.6 is 0 Å². The Morgan fingerprint density at radius 2 is 2.00 bits per heavy atom. The molecule has 0 radical (unpaired) electrons. The van der Waals surface area contributed by atoms with Crippen LogP contribution in [0.4, 0.5) is 18.9 Å². The smallest absolute Gasteiger partial charge is 0.411 e. The molecule has 0 aliphatic heterocycles. The van der Waals surface area contributed by atoms with Crippen LogP contribution in [0, 0.1) is 6.92 Å². The number of carbonyl (C=O) groups is 1. The molecule has 1 saturated carbocycles. The van der Waals surface area contributed by atoms with Crippen LogP contribution in [0.25, 0.3) is 0 Å². The van der Waals surface area contributed by atoms with Crippen molar-refractivity contribution in [2.75, 3.05) is 5.32 Å². The maximum atomic E-state index is 12.8. The Morgan fingerprint density at radius 3 is 2.44 bits per heavy atom. The van der Waals surface area contributed by atoms with Crippen molar-refractivity contribution in [1.29, 1.82) is 0 Å². The van der Waals surface area contributed by atoms with Gasteiger partial charge in [0.25, 0.3) is 0 Å². The number of hydrogen-bond donors (Lipinski definition) is 2. The van der Waals surface area contributed by atoms with Crippen molar-refractivity contribution in [2.24, 2.45) is 0 Å². The Labute approximate surface area is 102 Å². The molecule has 1 aliphatic carbocycles. The van der Waals surface area contributed by atoms with E-state index in [1.54, 1.807) is 13.0 Å². The summed E-state index contributed by atoms with van der Waals surface area (Å²) >= 11 is 0. The van der Waals surface area contributed by atoms with Crippen LogP contribution in [0.3, 0.4) is 0 Å².